The van der Waals surface area contributed by atoms with E-state index in [9.17, 15) is 17.6 Å². The van der Waals surface area contributed by atoms with Crippen LogP contribution in [-0.4, -0.2) is 51.4 Å². The van der Waals surface area contributed by atoms with E-state index >= 15 is 0 Å². The highest BCUT2D eigenvalue weighted by Gasteiger charge is 2.25. The van der Waals surface area contributed by atoms with Gasteiger partial charge in [0.15, 0.2) is 5.13 Å². The van der Waals surface area contributed by atoms with Gasteiger partial charge in [0.05, 0.1) is 26.4 Å². The summed E-state index contributed by atoms with van der Waals surface area (Å²) in [6.45, 7) is 0.954. The fourth-order valence-corrected chi connectivity index (χ4v) is 5.35. The van der Waals surface area contributed by atoms with Crippen LogP contribution in [0.4, 0.5) is 15.2 Å². The predicted octanol–water partition coefficient (Wildman–Crippen LogP) is 4.44. The van der Waals surface area contributed by atoms with Crippen LogP contribution in [0.15, 0.2) is 77.7 Å². The molecule has 0 saturated carbocycles. The number of carbonyl (C=O) groups excluding carboxylic acids is 1. The zero-order chi connectivity index (χ0) is 24.3. The van der Waals surface area contributed by atoms with Crippen LogP contribution >= 0.6 is 11.3 Å². The number of nitrogens with zero attached hydrogens (tertiary/aromatic N) is 3. The van der Waals surface area contributed by atoms with Gasteiger partial charge in [-0.15, -0.1) is 0 Å². The van der Waals surface area contributed by atoms with Gasteiger partial charge in [-0.2, -0.15) is 0 Å². The third-order valence-electron chi connectivity index (χ3n) is 5.06. The molecule has 176 valence electrons. The minimum absolute atomic E-state index is 0.105. The molecule has 4 aromatic rings. The van der Waals surface area contributed by atoms with Gasteiger partial charge in [0.1, 0.15) is 5.82 Å². The van der Waals surface area contributed by atoms with Gasteiger partial charge in [0.2, 0.25) is 0 Å². The van der Waals surface area contributed by atoms with Gasteiger partial charge in [-0.05, 0) is 62.6 Å². The first kappa shape index (κ1) is 23.8. The molecule has 1 aromatic heterocycles. The first-order valence-corrected chi connectivity index (χ1v) is 12.7. The maximum atomic E-state index is 13.7. The average molecular weight is 499 g/mol. The molecular weight excluding hydrogens is 475 g/mol. The van der Waals surface area contributed by atoms with Crippen molar-refractivity contribution < 1.29 is 17.6 Å². The normalized spacial score (nSPS) is 11.6. The first-order chi connectivity index (χ1) is 16.2. The van der Waals surface area contributed by atoms with Gasteiger partial charge in [0.25, 0.3) is 15.9 Å². The van der Waals surface area contributed by atoms with Crippen molar-refractivity contribution in [2.24, 2.45) is 0 Å². The van der Waals surface area contributed by atoms with E-state index in [0.717, 1.165) is 22.3 Å². The summed E-state index contributed by atoms with van der Waals surface area (Å²) in [7, 11) is -0.214. The van der Waals surface area contributed by atoms with E-state index < -0.39 is 15.8 Å². The Morgan fingerprint density at radius 2 is 1.65 bits per heavy atom. The van der Waals surface area contributed by atoms with Crippen LogP contribution in [0.2, 0.25) is 0 Å². The summed E-state index contributed by atoms with van der Waals surface area (Å²) in [5.74, 6) is -0.916. The molecule has 4 rings (SSSR count). The molecule has 0 atom stereocenters. The monoisotopic (exact) mass is 498 g/mol. The number of para-hydroxylation sites is 2. The van der Waals surface area contributed by atoms with Crippen molar-refractivity contribution in [3.8, 4) is 0 Å². The number of likely N-dealkylation sites (N-methyl/N-ethyl adjacent to an activating group) is 1. The number of hydrogen-bond donors (Lipinski definition) is 1. The topological polar surface area (TPSA) is 82.6 Å². The van der Waals surface area contributed by atoms with E-state index in [-0.39, 0.29) is 22.1 Å². The van der Waals surface area contributed by atoms with E-state index in [0.29, 0.717) is 18.2 Å². The molecule has 1 N–H and O–H groups in total. The van der Waals surface area contributed by atoms with Crippen LogP contribution in [0.3, 0.4) is 0 Å². The third-order valence-corrected chi connectivity index (χ3v) is 7.50. The quantitative estimate of drug-likeness (QED) is 0.388. The van der Waals surface area contributed by atoms with Crippen molar-refractivity contribution in [2.75, 3.05) is 36.8 Å². The fourth-order valence-electron chi connectivity index (χ4n) is 3.28. The molecule has 0 aliphatic heterocycles. The number of halogens is 1. The number of thiazole rings is 1. The molecule has 0 radical (unpaired) electrons. The van der Waals surface area contributed by atoms with Crippen molar-refractivity contribution in [1.82, 2.24) is 9.88 Å². The molecule has 0 saturated heterocycles. The van der Waals surface area contributed by atoms with Crippen molar-refractivity contribution in [3.63, 3.8) is 0 Å². The van der Waals surface area contributed by atoms with Crippen LogP contribution in [0, 0.1) is 5.82 Å². The Hall–Kier alpha value is -3.34. The van der Waals surface area contributed by atoms with Gasteiger partial charge in [-0.25, -0.2) is 17.8 Å². The molecule has 34 heavy (non-hydrogen) atoms. The number of carbonyl (C=O) groups is 1. The molecule has 3 aromatic carbocycles. The Labute approximate surface area is 201 Å². The molecule has 7 nitrogen and oxygen atoms in total. The van der Waals surface area contributed by atoms with Crippen LogP contribution in [0.5, 0.6) is 0 Å². The van der Waals surface area contributed by atoms with Gasteiger partial charge >= 0.3 is 0 Å². The lowest BCUT2D eigenvalue weighted by molar-refractivity contribution is 0.0986. The van der Waals surface area contributed by atoms with Crippen molar-refractivity contribution in [1.29, 1.82) is 0 Å². The Morgan fingerprint density at radius 3 is 2.35 bits per heavy atom. The molecule has 1 heterocycles. The SMILES string of the molecule is CN(C)CCN(C(=O)c1ccccc1NS(=O)(=O)c1ccc(F)cc1)c1nc2ccccc2s1. The Balaban J connectivity index is 1.70. The largest absolute Gasteiger partial charge is 0.308 e. The van der Waals surface area contributed by atoms with E-state index in [2.05, 4.69) is 9.71 Å². The molecule has 0 spiro atoms. The zero-order valence-corrected chi connectivity index (χ0v) is 20.2. The standard InChI is InChI=1S/C24H23FN4O3S2/c1-28(2)15-16-29(24-26-21-9-5-6-10-22(21)33-24)23(30)19-7-3-4-8-20(19)27-34(31,32)18-13-11-17(25)12-14-18/h3-14,27H,15-16H2,1-2H3. The lowest BCUT2D eigenvalue weighted by Crippen LogP contribution is -2.37. The summed E-state index contributed by atoms with van der Waals surface area (Å²) in [4.78, 5) is 21.8. The van der Waals surface area contributed by atoms with Gasteiger partial charge in [0, 0.05) is 13.1 Å². The highest BCUT2D eigenvalue weighted by Crippen LogP contribution is 2.31. The number of sulfonamides is 1. The Kier molecular flexibility index (Phi) is 6.92. The van der Waals surface area contributed by atoms with Gasteiger partial charge in [-0.3, -0.25) is 14.4 Å². The molecule has 0 aliphatic carbocycles. The predicted molar refractivity (Wildman–Crippen MR) is 134 cm³/mol. The maximum absolute atomic E-state index is 13.7. The molecular formula is C24H23FN4O3S2. The second-order valence-electron chi connectivity index (χ2n) is 7.83. The molecule has 1 amide bonds. The number of rotatable bonds is 8. The van der Waals surface area contributed by atoms with Crippen molar-refractivity contribution in [3.05, 3.63) is 84.2 Å². The number of nitrogens with one attached hydrogen (secondary N) is 1. The molecule has 0 unspecified atom stereocenters. The third kappa shape index (κ3) is 5.24. The van der Waals surface area contributed by atoms with Crippen LogP contribution < -0.4 is 9.62 Å². The minimum Gasteiger partial charge on any atom is -0.308 e. The molecule has 0 aliphatic rings. The highest BCUT2D eigenvalue weighted by atomic mass is 32.2. The Morgan fingerprint density at radius 1 is 0.971 bits per heavy atom. The second kappa shape index (κ2) is 9.88. The van der Waals surface area contributed by atoms with Gasteiger partial charge < -0.3 is 4.90 Å². The minimum atomic E-state index is -4.03. The average Bonchev–Trinajstić information content (AvgIpc) is 3.23. The van der Waals surface area contributed by atoms with E-state index in [1.807, 2.05) is 43.3 Å². The van der Waals surface area contributed by atoms with Crippen LogP contribution in [-0.2, 0) is 10.0 Å². The summed E-state index contributed by atoms with van der Waals surface area (Å²) in [6.07, 6.45) is 0. The number of hydrogen-bond acceptors (Lipinski definition) is 6. The number of amides is 1. The highest BCUT2D eigenvalue weighted by molar-refractivity contribution is 7.92. The van der Waals surface area contributed by atoms with E-state index in [1.54, 1.807) is 23.1 Å². The zero-order valence-electron chi connectivity index (χ0n) is 18.6. The Bertz CT molecular complexity index is 1390. The van der Waals surface area contributed by atoms with Crippen molar-refractivity contribution in [2.45, 2.75) is 4.90 Å². The van der Waals surface area contributed by atoms with Gasteiger partial charge in [-0.1, -0.05) is 35.6 Å². The summed E-state index contributed by atoms with van der Waals surface area (Å²) in [5.41, 5.74) is 1.11. The summed E-state index contributed by atoms with van der Waals surface area (Å²) in [5, 5.41) is 0.532. The smallest absolute Gasteiger partial charge is 0.262 e. The van der Waals surface area contributed by atoms with E-state index in [1.165, 1.54) is 29.5 Å². The van der Waals surface area contributed by atoms with Crippen molar-refractivity contribution >= 4 is 48.3 Å². The number of benzene rings is 3. The summed E-state index contributed by atoms with van der Waals surface area (Å²) >= 11 is 1.40. The molecule has 0 bridgehead atoms. The van der Waals surface area contributed by atoms with Crippen LogP contribution in [0.1, 0.15) is 10.4 Å². The number of anilines is 2. The number of aromatic nitrogens is 1. The summed E-state index contributed by atoms with van der Waals surface area (Å²) < 4.78 is 42.4. The second-order valence-corrected chi connectivity index (χ2v) is 10.5. The van der Waals surface area contributed by atoms with E-state index in [4.69, 9.17) is 0 Å². The van der Waals surface area contributed by atoms with Crippen LogP contribution in [0.25, 0.3) is 10.2 Å². The lowest BCUT2D eigenvalue weighted by atomic mass is 10.1. The lowest BCUT2D eigenvalue weighted by Gasteiger charge is -2.23. The summed E-state index contributed by atoms with van der Waals surface area (Å²) in [6, 6.07) is 18.5. The molecule has 0 fully saturated rings. The first-order valence-electron chi connectivity index (χ1n) is 10.4. The fraction of sp³-hybridized carbons (Fsp3) is 0.167. The number of fused-ring (bicyclic) bond motifs is 1. The maximum Gasteiger partial charge on any atom is 0.262 e. The molecule has 10 heteroatoms.